The average Bonchev–Trinajstić information content (AvgIpc) is 2.28. The van der Waals surface area contributed by atoms with Crippen LogP contribution in [0.2, 0.25) is 0 Å². The molecule has 0 bridgehead atoms. The fourth-order valence-corrected chi connectivity index (χ4v) is 1.68. The van der Waals surface area contributed by atoms with E-state index in [-0.39, 0.29) is 12.0 Å². The van der Waals surface area contributed by atoms with Gasteiger partial charge in [-0.2, -0.15) is 0 Å². The third kappa shape index (κ3) is 3.80. The summed E-state index contributed by atoms with van der Waals surface area (Å²) in [5.41, 5.74) is -1.21. The van der Waals surface area contributed by atoms with E-state index >= 15 is 0 Å². The van der Waals surface area contributed by atoms with Crippen LogP contribution in [0.25, 0.3) is 0 Å². The number of halogens is 5. The van der Waals surface area contributed by atoms with Crippen LogP contribution in [0.4, 0.5) is 17.6 Å². The Morgan fingerprint density at radius 3 is 1.88 bits per heavy atom. The lowest BCUT2D eigenvalue weighted by molar-refractivity contribution is 0.0988. The first-order chi connectivity index (χ1) is 7.95. The zero-order chi connectivity index (χ0) is 13.0. The predicted molar refractivity (Wildman–Crippen MR) is 59.1 cm³/mol. The maximum Gasteiger partial charge on any atom is 0.263 e. The zero-order valence-electron chi connectivity index (χ0n) is 8.60. The molecular weight excluding hydrogens is 304 g/mol. The summed E-state index contributed by atoms with van der Waals surface area (Å²) in [4.78, 5) is 11.5. The molecule has 1 nitrogen and oxygen atoms in total. The summed E-state index contributed by atoms with van der Waals surface area (Å²) < 4.78 is 49.9. The number of Topliss-reactive ketones (excluding diaryl/α,β-unsaturated/α-hetero) is 1. The van der Waals surface area contributed by atoms with E-state index in [1.54, 1.807) is 0 Å². The van der Waals surface area contributed by atoms with E-state index in [2.05, 4.69) is 15.9 Å². The normalized spacial score (nSPS) is 11.2. The fourth-order valence-electron chi connectivity index (χ4n) is 1.32. The molecule has 0 N–H and O–H groups in total. The highest BCUT2D eigenvalue weighted by Crippen LogP contribution is 2.27. The zero-order valence-corrected chi connectivity index (χ0v) is 10.2. The largest absolute Gasteiger partial charge is 0.294 e. The molecule has 0 saturated heterocycles. The van der Waals surface area contributed by atoms with Gasteiger partial charge in [-0.15, -0.1) is 0 Å². The van der Waals surface area contributed by atoms with Gasteiger partial charge in [-0.05, 0) is 18.2 Å². The standard InChI is InChI=1S/C11H9BrF4O/c12-2-1-9(17)6-3-7(10(13)14)5-8(4-6)11(15)16/h3-5,10-11H,1-2H2. The Morgan fingerprint density at radius 2 is 1.53 bits per heavy atom. The first kappa shape index (κ1) is 14.2. The Bertz CT molecular complexity index is 380. The summed E-state index contributed by atoms with van der Waals surface area (Å²) in [7, 11) is 0. The third-order valence-corrected chi connectivity index (χ3v) is 2.52. The Morgan fingerprint density at radius 1 is 1.06 bits per heavy atom. The molecule has 0 amide bonds. The van der Waals surface area contributed by atoms with Crippen molar-refractivity contribution < 1.29 is 22.4 Å². The Kier molecular flexibility index (Phi) is 5.11. The van der Waals surface area contributed by atoms with Crippen LogP contribution < -0.4 is 0 Å². The topological polar surface area (TPSA) is 17.1 Å². The molecule has 0 fully saturated rings. The van der Waals surface area contributed by atoms with Crippen LogP contribution in [0.3, 0.4) is 0 Å². The van der Waals surface area contributed by atoms with Crippen LogP contribution in [-0.2, 0) is 0 Å². The molecule has 0 aliphatic rings. The molecule has 94 valence electrons. The van der Waals surface area contributed by atoms with E-state index in [9.17, 15) is 22.4 Å². The van der Waals surface area contributed by atoms with Crippen molar-refractivity contribution in [3.05, 3.63) is 34.9 Å². The number of benzene rings is 1. The molecular formula is C11H9BrF4O. The van der Waals surface area contributed by atoms with Gasteiger partial charge in [0.05, 0.1) is 0 Å². The number of hydrogen-bond acceptors (Lipinski definition) is 1. The minimum absolute atomic E-state index is 0.0787. The summed E-state index contributed by atoms with van der Waals surface area (Å²) in [6, 6.07) is 2.64. The molecule has 1 aromatic carbocycles. The van der Waals surface area contributed by atoms with Crippen LogP contribution in [0.15, 0.2) is 18.2 Å². The summed E-state index contributed by atoms with van der Waals surface area (Å²) in [6.45, 7) is 0. The van der Waals surface area contributed by atoms with Gasteiger partial charge in [-0.3, -0.25) is 4.79 Å². The van der Waals surface area contributed by atoms with E-state index in [1.807, 2.05) is 0 Å². The van der Waals surface area contributed by atoms with Crippen LogP contribution >= 0.6 is 15.9 Å². The van der Waals surface area contributed by atoms with E-state index in [0.29, 0.717) is 5.33 Å². The van der Waals surface area contributed by atoms with Crippen molar-refractivity contribution in [2.75, 3.05) is 5.33 Å². The minimum atomic E-state index is -2.87. The number of carbonyl (C=O) groups excluding carboxylic acids is 1. The van der Waals surface area contributed by atoms with Gasteiger partial charge >= 0.3 is 0 Å². The summed E-state index contributed by atoms with van der Waals surface area (Å²) in [5, 5.41) is 0.356. The molecule has 0 radical (unpaired) electrons. The van der Waals surface area contributed by atoms with E-state index in [1.165, 1.54) is 0 Å². The van der Waals surface area contributed by atoms with E-state index in [0.717, 1.165) is 18.2 Å². The van der Waals surface area contributed by atoms with Gasteiger partial charge in [-0.1, -0.05) is 15.9 Å². The SMILES string of the molecule is O=C(CCBr)c1cc(C(F)F)cc(C(F)F)c1. The molecule has 0 aliphatic carbocycles. The van der Waals surface area contributed by atoms with Crippen LogP contribution in [-0.4, -0.2) is 11.1 Å². The number of carbonyl (C=O) groups is 1. The van der Waals surface area contributed by atoms with Crippen molar-refractivity contribution in [1.29, 1.82) is 0 Å². The molecule has 0 aromatic heterocycles. The summed E-state index contributed by atoms with van der Waals surface area (Å²) in [5.74, 6) is -0.439. The van der Waals surface area contributed by atoms with E-state index in [4.69, 9.17) is 0 Å². The number of rotatable bonds is 5. The molecule has 0 heterocycles. The Hall–Kier alpha value is -0.910. The van der Waals surface area contributed by atoms with Gasteiger partial charge in [0.25, 0.3) is 12.9 Å². The molecule has 6 heteroatoms. The van der Waals surface area contributed by atoms with E-state index < -0.39 is 29.8 Å². The molecule has 1 aromatic rings. The van der Waals surface area contributed by atoms with Gasteiger partial charge in [0.1, 0.15) is 0 Å². The molecule has 0 aliphatic heterocycles. The predicted octanol–water partition coefficient (Wildman–Crippen LogP) is 4.53. The minimum Gasteiger partial charge on any atom is -0.294 e. The van der Waals surface area contributed by atoms with Crippen molar-refractivity contribution in [3.63, 3.8) is 0 Å². The van der Waals surface area contributed by atoms with Gasteiger partial charge in [0, 0.05) is 28.4 Å². The summed E-state index contributed by atoms with van der Waals surface area (Å²) in [6.07, 6.45) is -5.66. The third-order valence-electron chi connectivity index (χ3n) is 2.13. The monoisotopic (exact) mass is 312 g/mol. The lowest BCUT2D eigenvalue weighted by Crippen LogP contribution is -2.03. The molecule has 0 saturated carbocycles. The van der Waals surface area contributed by atoms with Gasteiger partial charge in [-0.25, -0.2) is 17.6 Å². The molecule has 0 atom stereocenters. The number of ketones is 1. The first-order valence-electron chi connectivity index (χ1n) is 4.76. The first-order valence-corrected chi connectivity index (χ1v) is 5.88. The van der Waals surface area contributed by atoms with Crippen molar-refractivity contribution in [2.24, 2.45) is 0 Å². The summed E-state index contributed by atoms with van der Waals surface area (Å²) >= 11 is 3.03. The smallest absolute Gasteiger partial charge is 0.263 e. The lowest BCUT2D eigenvalue weighted by Gasteiger charge is -2.08. The Labute approximate surface area is 104 Å². The van der Waals surface area contributed by atoms with Crippen molar-refractivity contribution in [3.8, 4) is 0 Å². The molecule has 0 unspecified atom stereocenters. The maximum absolute atomic E-state index is 12.5. The highest BCUT2D eigenvalue weighted by molar-refractivity contribution is 9.09. The fraction of sp³-hybridized carbons (Fsp3) is 0.364. The Balaban J connectivity index is 3.16. The number of alkyl halides is 5. The van der Waals surface area contributed by atoms with Crippen molar-refractivity contribution in [2.45, 2.75) is 19.3 Å². The molecule has 0 spiro atoms. The lowest BCUT2D eigenvalue weighted by atomic mass is 10.0. The highest BCUT2D eigenvalue weighted by Gasteiger charge is 2.17. The second-order valence-electron chi connectivity index (χ2n) is 3.35. The van der Waals surface area contributed by atoms with Crippen molar-refractivity contribution >= 4 is 21.7 Å². The maximum atomic E-state index is 12.5. The highest BCUT2D eigenvalue weighted by atomic mass is 79.9. The number of hydrogen-bond donors (Lipinski definition) is 0. The van der Waals surface area contributed by atoms with Gasteiger partial charge < -0.3 is 0 Å². The van der Waals surface area contributed by atoms with Gasteiger partial charge in [0.2, 0.25) is 0 Å². The average molecular weight is 313 g/mol. The van der Waals surface area contributed by atoms with Gasteiger partial charge in [0.15, 0.2) is 5.78 Å². The second kappa shape index (κ2) is 6.14. The molecule has 1 rings (SSSR count). The van der Waals surface area contributed by atoms with Crippen LogP contribution in [0.1, 0.15) is 40.8 Å². The molecule has 17 heavy (non-hydrogen) atoms. The van der Waals surface area contributed by atoms with Crippen molar-refractivity contribution in [1.82, 2.24) is 0 Å². The van der Waals surface area contributed by atoms with Crippen LogP contribution in [0.5, 0.6) is 0 Å². The quantitative estimate of drug-likeness (QED) is 0.443. The second-order valence-corrected chi connectivity index (χ2v) is 4.14. The van der Waals surface area contributed by atoms with Crippen LogP contribution in [0, 0.1) is 0 Å².